The molecule has 0 amide bonds. The Morgan fingerprint density at radius 1 is 1.63 bits per heavy atom. The molecule has 2 unspecified atom stereocenters. The number of aromatic nitrogens is 2. The second-order valence-corrected chi connectivity index (χ2v) is 6.08. The number of nitrogens with zero attached hydrogens (tertiary/aromatic N) is 1. The molecule has 3 N–H and O–H groups in total. The van der Waals surface area contributed by atoms with Gasteiger partial charge in [-0.3, -0.25) is 0 Å². The first-order valence-electron chi connectivity index (χ1n) is 5.78. The van der Waals surface area contributed by atoms with Gasteiger partial charge in [-0.2, -0.15) is 0 Å². The highest BCUT2D eigenvalue weighted by molar-refractivity contribution is 7.89. The van der Waals surface area contributed by atoms with Crippen LogP contribution in [0.4, 0.5) is 0 Å². The first kappa shape index (κ1) is 14.0. The average molecular weight is 289 g/mol. The van der Waals surface area contributed by atoms with Crippen LogP contribution in [-0.4, -0.2) is 48.2 Å². The van der Waals surface area contributed by atoms with Crippen molar-refractivity contribution in [3.8, 4) is 0 Å². The van der Waals surface area contributed by atoms with Gasteiger partial charge in [0.2, 0.25) is 0 Å². The number of H-pyrrole nitrogens is 1. The van der Waals surface area contributed by atoms with Crippen LogP contribution in [0.15, 0.2) is 11.2 Å². The van der Waals surface area contributed by atoms with Gasteiger partial charge >= 0.3 is 5.97 Å². The fourth-order valence-corrected chi connectivity index (χ4v) is 2.89. The highest BCUT2D eigenvalue weighted by Gasteiger charge is 2.31. The van der Waals surface area contributed by atoms with Crippen molar-refractivity contribution in [2.45, 2.75) is 37.0 Å². The summed E-state index contributed by atoms with van der Waals surface area (Å²) >= 11 is 0. The van der Waals surface area contributed by atoms with Gasteiger partial charge in [0.05, 0.1) is 12.3 Å². The van der Waals surface area contributed by atoms with Crippen LogP contribution in [0, 0.1) is 6.92 Å². The number of nitrogens with one attached hydrogen (secondary N) is 2. The zero-order chi connectivity index (χ0) is 14.0. The lowest BCUT2D eigenvalue weighted by atomic mass is 10.2. The van der Waals surface area contributed by atoms with Crippen molar-refractivity contribution in [1.29, 1.82) is 0 Å². The molecule has 1 fully saturated rings. The number of aliphatic carboxylic acids is 1. The molecule has 1 aromatic rings. The molecule has 0 spiro atoms. The molecular formula is C10H15N3O5S. The molecule has 1 aromatic heterocycles. The fraction of sp³-hybridized carbons (Fsp3) is 0.600. The summed E-state index contributed by atoms with van der Waals surface area (Å²) in [7, 11) is -3.66. The number of ether oxygens (including phenoxy) is 1. The number of sulfonamides is 1. The molecule has 0 bridgehead atoms. The number of aromatic amines is 1. The largest absolute Gasteiger partial charge is 0.479 e. The predicted octanol–water partition coefficient (Wildman–Crippen LogP) is -0.371. The predicted molar refractivity (Wildman–Crippen MR) is 64.0 cm³/mol. The van der Waals surface area contributed by atoms with Crippen molar-refractivity contribution < 1.29 is 23.1 Å². The second kappa shape index (κ2) is 5.27. The van der Waals surface area contributed by atoms with E-state index in [4.69, 9.17) is 9.84 Å². The van der Waals surface area contributed by atoms with Crippen LogP contribution in [0.3, 0.4) is 0 Å². The van der Waals surface area contributed by atoms with Crippen molar-refractivity contribution in [3.63, 3.8) is 0 Å². The van der Waals surface area contributed by atoms with Crippen LogP contribution in [-0.2, 0) is 19.6 Å². The van der Waals surface area contributed by atoms with Crippen LogP contribution in [0.2, 0.25) is 0 Å². The van der Waals surface area contributed by atoms with Crippen LogP contribution in [0.25, 0.3) is 0 Å². The third-order valence-corrected chi connectivity index (χ3v) is 4.19. The lowest BCUT2D eigenvalue weighted by molar-refractivity contribution is -0.149. The van der Waals surface area contributed by atoms with Crippen LogP contribution in [0.5, 0.6) is 0 Å². The molecule has 8 nitrogen and oxygen atoms in total. The van der Waals surface area contributed by atoms with Crippen LogP contribution >= 0.6 is 0 Å². The Morgan fingerprint density at radius 3 is 2.89 bits per heavy atom. The molecule has 2 heterocycles. The quantitative estimate of drug-likeness (QED) is 0.680. The van der Waals surface area contributed by atoms with Gasteiger partial charge in [0.15, 0.2) is 11.1 Å². The summed E-state index contributed by atoms with van der Waals surface area (Å²) in [6, 6.07) is 0. The van der Waals surface area contributed by atoms with E-state index in [2.05, 4.69) is 14.7 Å². The van der Waals surface area contributed by atoms with E-state index in [0.29, 0.717) is 18.7 Å². The van der Waals surface area contributed by atoms with Gasteiger partial charge in [0.1, 0.15) is 5.82 Å². The van der Waals surface area contributed by atoms with Crippen molar-refractivity contribution in [1.82, 2.24) is 14.7 Å². The van der Waals surface area contributed by atoms with E-state index in [9.17, 15) is 13.2 Å². The molecule has 19 heavy (non-hydrogen) atoms. The summed E-state index contributed by atoms with van der Waals surface area (Å²) < 4.78 is 31.3. The zero-order valence-electron chi connectivity index (χ0n) is 10.3. The van der Waals surface area contributed by atoms with Gasteiger partial charge in [-0.15, -0.1) is 0 Å². The summed E-state index contributed by atoms with van der Waals surface area (Å²) in [5.41, 5.74) is 0. The maximum absolute atomic E-state index is 11.9. The van der Waals surface area contributed by atoms with Crippen molar-refractivity contribution in [2.24, 2.45) is 0 Å². The molecule has 2 rings (SSSR count). The second-order valence-electron chi connectivity index (χ2n) is 4.35. The SMILES string of the molecule is Cc1ncc(S(=O)(=O)NCC2CCC(C(=O)O)O2)[nH]1. The number of rotatable bonds is 5. The monoisotopic (exact) mass is 289 g/mol. The van der Waals surface area contributed by atoms with E-state index in [0.717, 1.165) is 0 Å². The number of carboxylic acids is 1. The van der Waals surface area contributed by atoms with E-state index in [1.54, 1.807) is 6.92 Å². The minimum Gasteiger partial charge on any atom is -0.479 e. The molecule has 1 aliphatic rings. The maximum Gasteiger partial charge on any atom is 0.332 e. The minimum atomic E-state index is -3.66. The van der Waals surface area contributed by atoms with E-state index < -0.39 is 28.2 Å². The van der Waals surface area contributed by atoms with Gasteiger partial charge in [-0.1, -0.05) is 0 Å². The van der Waals surface area contributed by atoms with Gasteiger partial charge in [0, 0.05) is 6.54 Å². The summed E-state index contributed by atoms with van der Waals surface area (Å²) in [5, 5.41) is 8.75. The minimum absolute atomic E-state index is 0.0159. The molecule has 0 saturated carbocycles. The number of hydrogen-bond acceptors (Lipinski definition) is 5. The molecule has 9 heteroatoms. The lowest BCUT2D eigenvalue weighted by Gasteiger charge is -2.11. The molecule has 1 saturated heterocycles. The average Bonchev–Trinajstić information content (AvgIpc) is 2.95. The topological polar surface area (TPSA) is 121 Å². The Balaban J connectivity index is 1.91. The van der Waals surface area contributed by atoms with Gasteiger partial charge in [0.25, 0.3) is 10.0 Å². The Kier molecular flexibility index (Phi) is 3.88. The summed E-state index contributed by atoms with van der Waals surface area (Å²) in [6.07, 6.45) is 0.878. The summed E-state index contributed by atoms with van der Waals surface area (Å²) in [5.74, 6) is -0.516. The molecule has 1 aliphatic heterocycles. The van der Waals surface area contributed by atoms with E-state index in [1.165, 1.54) is 6.20 Å². The van der Waals surface area contributed by atoms with E-state index in [-0.39, 0.29) is 11.6 Å². The summed E-state index contributed by atoms with van der Waals surface area (Å²) in [4.78, 5) is 17.1. The number of carboxylic acid groups (broad SMARTS) is 1. The van der Waals surface area contributed by atoms with Crippen molar-refractivity contribution in [3.05, 3.63) is 12.0 Å². The fourth-order valence-electron chi connectivity index (χ4n) is 1.85. The Hall–Kier alpha value is -1.45. The van der Waals surface area contributed by atoms with Crippen LogP contribution in [0.1, 0.15) is 18.7 Å². The molecule has 106 valence electrons. The number of aryl methyl sites for hydroxylation is 1. The Bertz CT molecular complexity index is 567. The van der Waals surface area contributed by atoms with E-state index in [1.807, 2.05) is 0 Å². The molecule has 2 atom stereocenters. The zero-order valence-corrected chi connectivity index (χ0v) is 11.1. The first-order chi connectivity index (χ1) is 8.88. The molecule has 0 radical (unpaired) electrons. The normalized spacial score (nSPS) is 23.6. The van der Waals surface area contributed by atoms with Gasteiger partial charge < -0.3 is 14.8 Å². The van der Waals surface area contributed by atoms with Gasteiger partial charge in [-0.25, -0.2) is 22.9 Å². The lowest BCUT2D eigenvalue weighted by Crippen LogP contribution is -2.33. The van der Waals surface area contributed by atoms with Crippen molar-refractivity contribution >= 4 is 16.0 Å². The third-order valence-electron chi connectivity index (χ3n) is 2.85. The van der Waals surface area contributed by atoms with Crippen LogP contribution < -0.4 is 4.72 Å². The van der Waals surface area contributed by atoms with E-state index >= 15 is 0 Å². The highest BCUT2D eigenvalue weighted by Crippen LogP contribution is 2.19. The molecular weight excluding hydrogens is 274 g/mol. The summed E-state index contributed by atoms with van der Waals surface area (Å²) in [6.45, 7) is 1.70. The highest BCUT2D eigenvalue weighted by atomic mass is 32.2. The maximum atomic E-state index is 11.9. The Morgan fingerprint density at radius 2 is 2.37 bits per heavy atom. The third kappa shape index (κ3) is 3.31. The molecule has 0 aromatic carbocycles. The number of imidazole rings is 1. The Labute approximate surface area is 110 Å². The van der Waals surface area contributed by atoms with Crippen molar-refractivity contribution in [2.75, 3.05) is 6.54 Å². The smallest absolute Gasteiger partial charge is 0.332 e. The standard InChI is InChI=1S/C10H15N3O5S/c1-6-11-5-9(13-6)19(16,17)12-4-7-2-3-8(18-7)10(14)15/h5,7-8,12H,2-4H2,1H3,(H,11,13)(H,14,15). The molecule has 0 aliphatic carbocycles. The number of hydrogen-bond donors (Lipinski definition) is 3. The first-order valence-corrected chi connectivity index (χ1v) is 7.26. The van der Waals surface area contributed by atoms with Gasteiger partial charge in [-0.05, 0) is 19.8 Å². The number of carbonyl (C=O) groups is 1.